The van der Waals surface area contributed by atoms with Crippen LogP contribution >= 0.6 is 0 Å². The highest BCUT2D eigenvalue weighted by Gasteiger charge is 2.11. The number of hydrogen-bond donors (Lipinski definition) is 0. The average molecular weight is 266 g/mol. The van der Waals surface area contributed by atoms with Crippen LogP contribution in [0.2, 0.25) is 0 Å². The summed E-state index contributed by atoms with van der Waals surface area (Å²) in [5.74, 6) is 0.791. The lowest BCUT2D eigenvalue weighted by atomic mass is 9.96. The van der Waals surface area contributed by atoms with Crippen LogP contribution in [-0.4, -0.2) is 13.4 Å². The fraction of sp³-hybridized carbons (Fsp3) is 0.167. The van der Waals surface area contributed by atoms with Crippen LogP contribution in [0.15, 0.2) is 42.5 Å². The first kappa shape index (κ1) is 14.1. The van der Waals surface area contributed by atoms with Crippen LogP contribution < -0.4 is 4.74 Å². The molecule has 0 heterocycles. The van der Waals surface area contributed by atoms with Crippen molar-refractivity contribution in [3.05, 3.63) is 59.2 Å². The van der Waals surface area contributed by atoms with E-state index in [1.807, 2.05) is 18.2 Å². The summed E-state index contributed by atoms with van der Waals surface area (Å²) < 4.78 is 5.56. The van der Waals surface area contributed by atoms with E-state index in [0.29, 0.717) is 0 Å². The number of aryl methyl sites for hydroxylation is 2. The zero-order chi connectivity index (χ0) is 14.5. The Morgan fingerprint density at radius 3 is 2.55 bits per heavy atom. The monoisotopic (exact) mass is 266 g/mol. The largest absolute Gasteiger partial charge is 0.495 e. The standard InChI is InChI=1S/C18H18O2/c1-13-9-10-14(2)17(12-13)16-8-4-6-15(7-5-11-19)18(16)20-3/h4-12H,1-3H3/b7-5-. The first-order valence-corrected chi connectivity index (χ1v) is 6.54. The highest BCUT2D eigenvalue weighted by Crippen LogP contribution is 2.35. The van der Waals surface area contributed by atoms with Gasteiger partial charge >= 0.3 is 0 Å². The summed E-state index contributed by atoms with van der Waals surface area (Å²) in [6.45, 7) is 4.16. The third kappa shape index (κ3) is 2.80. The molecule has 0 N–H and O–H groups in total. The Morgan fingerprint density at radius 1 is 1.05 bits per heavy atom. The molecule has 0 unspecified atom stereocenters. The van der Waals surface area contributed by atoms with E-state index in [-0.39, 0.29) is 0 Å². The lowest BCUT2D eigenvalue weighted by Gasteiger charge is -2.14. The van der Waals surface area contributed by atoms with Gasteiger partial charge in [-0.15, -0.1) is 0 Å². The molecular weight excluding hydrogens is 248 g/mol. The van der Waals surface area contributed by atoms with Gasteiger partial charge < -0.3 is 4.74 Å². The highest BCUT2D eigenvalue weighted by molar-refractivity contribution is 5.81. The van der Waals surface area contributed by atoms with E-state index >= 15 is 0 Å². The van der Waals surface area contributed by atoms with Gasteiger partial charge in [0.1, 0.15) is 12.0 Å². The Hall–Kier alpha value is -2.35. The van der Waals surface area contributed by atoms with Gasteiger partial charge in [0.05, 0.1) is 7.11 Å². The molecular formula is C18H18O2. The summed E-state index contributed by atoms with van der Waals surface area (Å²) in [6.07, 6.45) is 4.01. The molecule has 2 rings (SSSR count). The Kier molecular flexibility index (Phi) is 4.36. The number of ether oxygens (including phenoxy) is 1. The third-order valence-electron chi connectivity index (χ3n) is 3.29. The molecule has 0 saturated carbocycles. The van der Waals surface area contributed by atoms with Gasteiger partial charge in [0, 0.05) is 11.1 Å². The molecule has 102 valence electrons. The van der Waals surface area contributed by atoms with Gasteiger partial charge in [0.15, 0.2) is 0 Å². The van der Waals surface area contributed by atoms with Crippen molar-refractivity contribution in [1.29, 1.82) is 0 Å². The van der Waals surface area contributed by atoms with E-state index < -0.39 is 0 Å². The maximum Gasteiger partial charge on any atom is 0.142 e. The van der Waals surface area contributed by atoms with E-state index in [1.165, 1.54) is 17.2 Å². The third-order valence-corrected chi connectivity index (χ3v) is 3.29. The number of allylic oxidation sites excluding steroid dienone is 1. The molecule has 0 bridgehead atoms. The first-order valence-electron chi connectivity index (χ1n) is 6.54. The van der Waals surface area contributed by atoms with Crippen LogP contribution in [0.5, 0.6) is 5.75 Å². The number of benzene rings is 2. The fourth-order valence-corrected chi connectivity index (χ4v) is 2.29. The minimum Gasteiger partial charge on any atom is -0.495 e. The molecule has 0 radical (unpaired) electrons. The van der Waals surface area contributed by atoms with Crippen LogP contribution in [0, 0.1) is 13.8 Å². The van der Waals surface area contributed by atoms with Crippen LogP contribution in [0.25, 0.3) is 17.2 Å². The van der Waals surface area contributed by atoms with Crippen molar-refractivity contribution in [1.82, 2.24) is 0 Å². The Labute approximate surface area is 119 Å². The lowest BCUT2D eigenvalue weighted by Crippen LogP contribution is -1.93. The number of methoxy groups -OCH3 is 1. The molecule has 0 amide bonds. The van der Waals surface area contributed by atoms with Gasteiger partial charge in [-0.1, -0.05) is 42.0 Å². The summed E-state index contributed by atoms with van der Waals surface area (Å²) >= 11 is 0. The smallest absolute Gasteiger partial charge is 0.142 e. The fourth-order valence-electron chi connectivity index (χ4n) is 2.29. The number of aldehydes is 1. The van der Waals surface area contributed by atoms with Gasteiger partial charge in [0.2, 0.25) is 0 Å². The summed E-state index contributed by atoms with van der Waals surface area (Å²) in [4.78, 5) is 10.5. The van der Waals surface area contributed by atoms with Crippen molar-refractivity contribution < 1.29 is 9.53 Å². The second-order valence-electron chi connectivity index (χ2n) is 4.74. The molecule has 0 atom stereocenters. The average Bonchev–Trinajstić information content (AvgIpc) is 2.47. The zero-order valence-corrected chi connectivity index (χ0v) is 12.0. The maximum absolute atomic E-state index is 10.5. The van der Waals surface area contributed by atoms with Gasteiger partial charge in [-0.2, -0.15) is 0 Å². The topological polar surface area (TPSA) is 26.3 Å². The molecule has 2 aromatic rings. The molecule has 2 heteroatoms. The quantitative estimate of drug-likeness (QED) is 0.612. The molecule has 0 fully saturated rings. The molecule has 0 saturated heterocycles. The van der Waals surface area contributed by atoms with Crippen molar-refractivity contribution >= 4 is 12.4 Å². The lowest BCUT2D eigenvalue weighted by molar-refractivity contribution is -0.104. The van der Waals surface area contributed by atoms with Crippen molar-refractivity contribution in [3.63, 3.8) is 0 Å². The SMILES string of the molecule is COc1c(/C=C\C=O)cccc1-c1cc(C)ccc1C. The molecule has 0 aromatic heterocycles. The zero-order valence-electron chi connectivity index (χ0n) is 12.0. The predicted molar refractivity (Wildman–Crippen MR) is 83.0 cm³/mol. The van der Waals surface area contributed by atoms with Crippen molar-refractivity contribution in [2.45, 2.75) is 13.8 Å². The maximum atomic E-state index is 10.5. The first-order chi connectivity index (χ1) is 9.67. The van der Waals surface area contributed by atoms with Crippen LogP contribution in [0.3, 0.4) is 0 Å². The second kappa shape index (κ2) is 6.20. The van der Waals surface area contributed by atoms with Crippen LogP contribution in [-0.2, 0) is 4.79 Å². The molecule has 0 aliphatic heterocycles. The number of carbonyl (C=O) groups is 1. The Morgan fingerprint density at radius 2 is 1.85 bits per heavy atom. The van der Waals surface area contributed by atoms with Crippen LogP contribution in [0.1, 0.15) is 16.7 Å². The summed E-state index contributed by atoms with van der Waals surface area (Å²) in [5, 5.41) is 0. The molecule has 0 aliphatic carbocycles. The van der Waals surface area contributed by atoms with E-state index in [0.717, 1.165) is 28.7 Å². The summed E-state index contributed by atoms with van der Waals surface area (Å²) in [6, 6.07) is 12.3. The van der Waals surface area contributed by atoms with Crippen molar-refractivity contribution in [2.75, 3.05) is 7.11 Å². The normalized spacial score (nSPS) is 10.8. The Bertz CT molecular complexity index is 654. The molecule has 0 spiro atoms. The van der Waals surface area contributed by atoms with E-state index in [9.17, 15) is 4.79 Å². The van der Waals surface area contributed by atoms with Crippen molar-refractivity contribution in [2.24, 2.45) is 0 Å². The molecule has 2 aromatic carbocycles. The highest BCUT2D eigenvalue weighted by atomic mass is 16.5. The van der Waals surface area contributed by atoms with Crippen molar-refractivity contribution in [3.8, 4) is 16.9 Å². The van der Waals surface area contributed by atoms with Gasteiger partial charge in [-0.25, -0.2) is 0 Å². The predicted octanol–water partition coefficient (Wildman–Crippen LogP) is 4.19. The molecule has 20 heavy (non-hydrogen) atoms. The minimum absolute atomic E-state index is 0.768. The Balaban J connectivity index is 2.64. The number of para-hydroxylation sites is 1. The van der Waals surface area contributed by atoms with E-state index in [2.05, 4.69) is 32.0 Å². The van der Waals surface area contributed by atoms with E-state index in [4.69, 9.17) is 4.74 Å². The van der Waals surface area contributed by atoms with Crippen LogP contribution in [0.4, 0.5) is 0 Å². The number of hydrogen-bond acceptors (Lipinski definition) is 2. The number of rotatable bonds is 4. The van der Waals surface area contributed by atoms with Gasteiger partial charge in [-0.05, 0) is 37.1 Å². The van der Waals surface area contributed by atoms with E-state index in [1.54, 1.807) is 13.2 Å². The minimum atomic E-state index is 0.768. The molecule has 0 aliphatic rings. The second-order valence-corrected chi connectivity index (χ2v) is 4.74. The van der Waals surface area contributed by atoms with Gasteiger partial charge in [0.25, 0.3) is 0 Å². The summed E-state index contributed by atoms with van der Waals surface area (Å²) in [5.41, 5.74) is 5.51. The number of carbonyl (C=O) groups excluding carboxylic acids is 1. The summed E-state index contributed by atoms with van der Waals surface area (Å²) in [7, 11) is 1.65. The molecule has 2 nitrogen and oxygen atoms in total. The van der Waals surface area contributed by atoms with Gasteiger partial charge in [-0.3, -0.25) is 4.79 Å².